The number of rotatable bonds is 14. The Morgan fingerprint density at radius 2 is 1.67 bits per heavy atom. The minimum atomic E-state index is -0.711. The molecule has 0 radical (unpaired) electrons. The molecule has 2 heterocycles. The molecule has 4 aromatic rings. The quantitative estimate of drug-likeness (QED) is 0.0721. The van der Waals surface area contributed by atoms with Crippen LogP contribution in [0.2, 0.25) is 5.02 Å². The standard InChI is InChI=1S/C29H37ClFNO.C13H16O.C8H15N3/c1-5-20(2)19-32-16-14-22(15-17-32)25-11-6-8-21(3)28(25)33-29(4,23-9-7-10-23)26-13-12-24(30)18-27(26)31;1-9-6-7-12(8-10(9)2)13(14)11-4-3-5-11;1-2-3-4-5-6-11-8-9-7-10-11/h5-6,8,11-13,18,22-23H,7,9-10,14-17,19H2,1-4H3;6-8,11H,3-5H2,1-2H3;7-8H,2-6H2,1H3. The van der Waals surface area contributed by atoms with Gasteiger partial charge in [0.2, 0.25) is 0 Å². The Morgan fingerprint density at radius 3 is 2.26 bits per heavy atom. The molecule has 314 valence electrons. The number of likely N-dealkylation sites (tertiary alicyclic amines) is 1. The average molecular weight is 812 g/mol. The van der Waals surface area contributed by atoms with Crippen molar-refractivity contribution in [3.8, 4) is 5.75 Å². The highest BCUT2D eigenvalue weighted by Crippen LogP contribution is 2.48. The number of aromatic nitrogens is 3. The molecular weight excluding hydrogens is 743 g/mol. The van der Waals surface area contributed by atoms with Gasteiger partial charge in [0.1, 0.15) is 29.8 Å². The summed E-state index contributed by atoms with van der Waals surface area (Å²) < 4.78 is 23.9. The molecule has 3 aromatic carbocycles. The number of nitrogens with zero attached hydrogens (tertiary/aromatic N) is 4. The first-order valence-electron chi connectivity index (χ1n) is 22.0. The van der Waals surface area contributed by atoms with Gasteiger partial charge in [-0.3, -0.25) is 14.4 Å². The summed E-state index contributed by atoms with van der Waals surface area (Å²) in [5, 5.41) is 4.44. The number of ether oxygens (including phenoxy) is 1. The number of benzene rings is 3. The summed E-state index contributed by atoms with van der Waals surface area (Å²) in [6.45, 7) is 19.1. The van der Waals surface area contributed by atoms with Crippen LogP contribution >= 0.6 is 11.6 Å². The molecule has 0 amide bonds. The summed E-state index contributed by atoms with van der Waals surface area (Å²) in [7, 11) is 0. The molecule has 0 spiro atoms. The summed E-state index contributed by atoms with van der Waals surface area (Å²) in [5.41, 5.74) is 7.11. The zero-order valence-electron chi connectivity index (χ0n) is 36.3. The fraction of sp³-hybridized carbons (Fsp3) is 0.540. The van der Waals surface area contributed by atoms with E-state index in [-0.39, 0.29) is 5.82 Å². The van der Waals surface area contributed by atoms with Crippen LogP contribution in [0, 0.1) is 38.4 Å². The van der Waals surface area contributed by atoms with Crippen LogP contribution in [0.4, 0.5) is 4.39 Å². The van der Waals surface area contributed by atoms with Gasteiger partial charge in [0.15, 0.2) is 5.78 Å². The molecule has 3 aliphatic rings. The molecule has 1 aliphatic heterocycles. The minimum absolute atomic E-state index is 0.278. The van der Waals surface area contributed by atoms with Crippen molar-refractivity contribution in [3.05, 3.63) is 123 Å². The minimum Gasteiger partial charge on any atom is -0.482 e. The number of carbonyl (C=O) groups is 1. The van der Waals surface area contributed by atoms with E-state index in [0.29, 0.717) is 34.1 Å². The third-order valence-electron chi connectivity index (χ3n) is 12.9. The molecule has 0 N–H and O–H groups in total. The Bertz CT molecular complexity index is 1930. The van der Waals surface area contributed by atoms with Gasteiger partial charge in [-0.15, -0.1) is 0 Å². The van der Waals surface area contributed by atoms with E-state index in [2.05, 4.69) is 87.7 Å². The molecule has 2 saturated carbocycles. The van der Waals surface area contributed by atoms with Gasteiger partial charge in [0, 0.05) is 41.1 Å². The van der Waals surface area contributed by atoms with E-state index in [4.69, 9.17) is 16.3 Å². The topological polar surface area (TPSA) is 60.2 Å². The van der Waals surface area contributed by atoms with Gasteiger partial charge >= 0.3 is 0 Å². The van der Waals surface area contributed by atoms with E-state index in [1.165, 1.54) is 66.9 Å². The van der Waals surface area contributed by atoms with Crippen LogP contribution in [0.3, 0.4) is 0 Å². The fourth-order valence-electron chi connectivity index (χ4n) is 8.25. The van der Waals surface area contributed by atoms with Crippen LogP contribution in [0.5, 0.6) is 5.75 Å². The number of Topliss-reactive ketones (excluding diaryl/α,β-unsaturated/α-hetero) is 1. The monoisotopic (exact) mass is 811 g/mol. The van der Waals surface area contributed by atoms with Gasteiger partial charge in [0.25, 0.3) is 0 Å². The van der Waals surface area contributed by atoms with E-state index in [1.54, 1.807) is 18.7 Å². The van der Waals surface area contributed by atoms with E-state index in [0.717, 1.165) is 81.6 Å². The zero-order valence-corrected chi connectivity index (χ0v) is 37.1. The lowest BCUT2D eigenvalue weighted by Gasteiger charge is -2.44. The normalized spacial score (nSPS) is 17.5. The van der Waals surface area contributed by atoms with Crippen LogP contribution < -0.4 is 4.74 Å². The third kappa shape index (κ3) is 12.1. The summed E-state index contributed by atoms with van der Waals surface area (Å²) in [6.07, 6.45) is 19.6. The molecule has 1 saturated heterocycles. The van der Waals surface area contributed by atoms with E-state index >= 15 is 4.39 Å². The predicted molar refractivity (Wildman–Crippen MR) is 238 cm³/mol. The number of halogens is 2. The van der Waals surface area contributed by atoms with Crippen LogP contribution in [0.1, 0.15) is 149 Å². The molecule has 58 heavy (non-hydrogen) atoms. The number of hydrogen-bond donors (Lipinski definition) is 0. The third-order valence-corrected chi connectivity index (χ3v) is 13.1. The number of allylic oxidation sites excluding steroid dienone is 1. The van der Waals surface area contributed by atoms with Crippen LogP contribution in [0.15, 0.2) is 78.9 Å². The maximum Gasteiger partial charge on any atom is 0.165 e. The van der Waals surface area contributed by atoms with Crippen LogP contribution in [-0.2, 0) is 12.1 Å². The first-order valence-corrected chi connectivity index (χ1v) is 22.3. The number of carbonyl (C=O) groups excluding carboxylic acids is 1. The van der Waals surface area contributed by atoms with Crippen molar-refractivity contribution >= 4 is 17.4 Å². The van der Waals surface area contributed by atoms with Gasteiger partial charge in [-0.2, -0.15) is 5.10 Å². The lowest BCUT2D eigenvalue weighted by atomic mass is 9.70. The zero-order chi connectivity index (χ0) is 41.7. The summed E-state index contributed by atoms with van der Waals surface area (Å²) in [6, 6.07) is 17.5. The van der Waals surface area contributed by atoms with Gasteiger partial charge in [-0.1, -0.05) is 98.7 Å². The van der Waals surface area contributed by atoms with E-state index in [9.17, 15) is 4.79 Å². The molecule has 2 aliphatic carbocycles. The number of hydrogen-bond acceptors (Lipinski definition) is 5. The maximum absolute atomic E-state index is 15.1. The van der Waals surface area contributed by atoms with Gasteiger partial charge in [-0.25, -0.2) is 9.37 Å². The van der Waals surface area contributed by atoms with Crippen molar-refractivity contribution in [1.82, 2.24) is 19.7 Å². The van der Waals surface area contributed by atoms with E-state index in [1.807, 2.05) is 28.9 Å². The summed E-state index contributed by atoms with van der Waals surface area (Å²) in [5.74, 6) is 2.09. The molecule has 8 heteroatoms. The van der Waals surface area contributed by atoms with Crippen molar-refractivity contribution in [2.45, 2.75) is 144 Å². The van der Waals surface area contributed by atoms with Crippen molar-refractivity contribution in [3.63, 3.8) is 0 Å². The van der Waals surface area contributed by atoms with Crippen molar-refractivity contribution < 1.29 is 13.9 Å². The first-order chi connectivity index (χ1) is 27.9. The fourth-order valence-corrected chi connectivity index (χ4v) is 8.41. The summed E-state index contributed by atoms with van der Waals surface area (Å²) in [4.78, 5) is 18.3. The van der Waals surface area contributed by atoms with Gasteiger partial charge in [-0.05, 0) is 146 Å². The molecule has 1 unspecified atom stereocenters. The largest absolute Gasteiger partial charge is 0.482 e. The maximum atomic E-state index is 15.1. The Morgan fingerprint density at radius 1 is 0.931 bits per heavy atom. The molecule has 1 aromatic heterocycles. The predicted octanol–water partition coefficient (Wildman–Crippen LogP) is 13.2. The molecule has 1 atom stereocenters. The Labute approximate surface area is 353 Å². The Hall–Kier alpha value is -3.81. The van der Waals surface area contributed by atoms with Gasteiger partial charge < -0.3 is 4.74 Å². The molecule has 7 rings (SSSR count). The average Bonchev–Trinajstić information content (AvgIpc) is 3.68. The van der Waals surface area contributed by atoms with Crippen LogP contribution in [0.25, 0.3) is 0 Å². The smallest absolute Gasteiger partial charge is 0.165 e. The van der Waals surface area contributed by atoms with Crippen molar-refractivity contribution in [2.24, 2.45) is 11.8 Å². The Balaban J connectivity index is 0.000000208. The lowest BCUT2D eigenvalue weighted by Crippen LogP contribution is -2.43. The number of para-hydroxylation sites is 1. The molecule has 6 nitrogen and oxygen atoms in total. The van der Waals surface area contributed by atoms with Crippen LogP contribution in [-0.4, -0.2) is 45.1 Å². The highest BCUT2D eigenvalue weighted by molar-refractivity contribution is 6.30. The second-order valence-electron chi connectivity index (χ2n) is 17.2. The second-order valence-corrected chi connectivity index (χ2v) is 17.6. The van der Waals surface area contributed by atoms with Crippen molar-refractivity contribution in [1.29, 1.82) is 0 Å². The SMILES string of the molecule is CC=C(C)CN1CCC(c2cccc(C)c2OC(C)(c2ccc(Cl)cc2F)C2CCC2)CC1.CCCCCCn1cncn1.Cc1ccc(C(=O)C2CCC2)cc1C. The number of unbranched alkanes of at least 4 members (excludes halogenated alkanes) is 3. The number of ketones is 1. The first kappa shape index (κ1) is 45.3. The van der Waals surface area contributed by atoms with Gasteiger partial charge in [0.05, 0.1) is 0 Å². The van der Waals surface area contributed by atoms with E-state index < -0.39 is 5.60 Å². The number of piperidine rings is 1. The highest BCUT2D eigenvalue weighted by atomic mass is 35.5. The summed E-state index contributed by atoms with van der Waals surface area (Å²) >= 11 is 6.07. The number of aryl methyl sites for hydroxylation is 4. The molecule has 3 fully saturated rings. The Kier molecular flexibility index (Phi) is 17.2. The lowest BCUT2D eigenvalue weighted by molar-refractivity contribution is -0.0203. The second kappa shape index (κ2) is 22.0. The van der Waals surface area contributed by atoms with Crippen molar-refractivity contribution in [2.75, 3.05) is 19.6 Å². The molecule has 0 bridgehead atoms. The highest BCUT2D eigenvalue weighted by Gasteiger charge is 2.44. The molecular formula is C50H68ClFN4O2.